The normalized spacial score (nSPS) is 12.5. The van der Waals surface area contributed by atoms with Crippen LogP contribution in [0, 0.1) is 19.7 Å². The highest BCUT2D eigenvalue weighted by Crippen LogP contribution is 2.23. The summed E-state index contributed by atoms with van der Waals surface area (Å²) in [5, 5.41) is 11.2. The Labute approximate surface area is 182 Å². The number of halogens is 1. The Morgan fingerprint density at radius 2 is 2.06 bits per heavy atom. The zero-order valence-corrected chi connectivity index (χ0v) is 18.6. The lowest BCUT2D eigenvalue weighted by molar-refractivity contribution is 0.450. The SMILES string of the molecule is CN=C(NCc1cccnc1Oc1cccc(F)c1)NC(C)Cc1c(C)nn(C)c1C. The second-order valence-electron chi connectivity index (χ2n) is 7.48. The van der Waals surface area contributed by atoms with Crippen molar-refractivity contribution in [2.45, 2.75) is 39.8 Å². The van der Waals surface area contributed by atoms with Gasteiger partial charge in [-0.15, -0.1) is 0 Å². The lowest BCUT2D eigenvalue weighted by Crippen LogP contribution is -2.42. The van der Waals surface area contributed by atoms with Gasteiger partial charge in [0.1, 0.15) is 11.6 Å². The maximum atomic E-state index is 13.5. The van der Waals surface area contributed by atoms with E-state index in [-0.39, 0.29) is 11.9 Å². The standard InChI is InChI=1S/C23H29FN6O/c1-15(12-21-16(2)29-30(5)17(21)3)28-23(25-4)27-14-18-8-7-11-26-22(18)31-20-10-6-9-19(24)13-20/h6-11,13,15H,12,14H2,1-5H3,(H2,25,27,28). The monoisotopic (exact) mass is 424 g/mol. The number of benzene rings is 1. The zero-order valence-electron chi connectivity index (χ0n) is 18.6. The predicted octanol–water partition coefficient (Wildman–Crippen LogP) is 3.66. The molecule has 0 bridgehead atoms. The lowest BCUT2D eigenvalue weighted by atomic mass is 10.1. The number of rotatable bonds is 7. The highest BCUT2D eigenvalue weighted by Gasteiger charge is 2.14. The molecule has 1 unspecified atom stereocenters. The van der Waals surface area contributed by atoms with Gasteiger partial charge in [-0.05, 0) is 51.0 Å². The lowest BCUT2D eigenvalue weighted by Gasteiger charge is -2.19. The third-order valence-corrected chi connectivity index (χ3v) is 5.08. The van der Waals surface area contributed by atoms with Gasteiger partial charge in [0.2, 0.25) is 5.88 Å². The Balaban J connectivity index is 1.62. The van der Waals surface area contributed by atoms with Crippen LogP contribution in [-0.2, 0) is 20.0 Å². The van der Waals surface area contributed by atoms with Gasteiger partial charge in [-0.25, -0.2) is 9.37 Å². The fourth-order valence-electron chi connectivity index (χ4n) is 3.37. The molecule has 0 radical (unpaired) electrons. The number of hydrogen-bond donors (Lipinski definition) is 2. The number of pyridine rings is 1. The first-order chi connectivity index (χ1) is 14.9. The Hall–Kier alpha value is -3.42. The summed E-state index contributed by atoms with van der Waals surface area (Å²) >= 11 is 0. The van der Waals surface area contributed by atoms with Crippen molar-refractivity contribution in [3.8, 4) is 11.6 Å². The summed E-state index contributed by atoms with van der Waals surface area (Å²) in [7, 11) is 3.69. The van der Waals surface area contributed by atoms with Crippen molar-refractivity contribution in [2.24, 2.45) is 12.0 Å². The number of guanidine groups is 1. The van der Waals surface area contributed by atoms with Crippen molar-refractivity contribution in [3.63, 3.8) is 0 Å². The van der Waals surface area contributed by atoms with Crippen molar-refractivity contribution in [3.05, 3.63) is 70.9 Å². The number of nitrogens with one attached hydrogen (secondary N) is 2. The van der Waals surface area contributed by atoms with Gasteiger partial charge in [-0.2, -0.15) is 5.10 Å². The van der Waals surface area contributed by atoms with Gasteiger partial charge in [-0.3, -0.25) is 9.67 Å². The molecule has 7 nitrogen and oxygen atoms in total. The van der Waals surface area contributed by atoms with Crippen molar-refractivity contribution >= 4 is 5.96 Å². The maximum Gasteiger partial charge on any atom is 0.224 e. The molecular formula is C23H29FN6O. The molecule has 3 aromatic rings. The van der Waals surface area contributed by atoms with E-state index < -0.39 is 0 Å². The summed E-state index contributed by atoms with van der Waals surface area (Å²) < 4.78 is 21.2. The van der Waals surface area contributed by atoms with E-state index in [1.54, 1.807) is 25.4 Å². The van der Waals surface area contributed by atoms with Crippen molar-refractivity contribution < 1.29 is 9.13 Å². The minimum atomic E-state index is -0.356. The molecule has 31 heavy (non-hydrogen) atoms. The molecule has 0 saturated heterocycles. The average molecular weight is 425 g/mol. The van der Waals surface area contributed by atoms with E-state index in [1.165, 1.54) is 23.4 Å². The maximum absolute atomic E-state index is 13.5. The molecule has 2 heterocycles. The molecule has 0 aliphatic rings. The van der Waals surface area contributed by atoms with Gasteiger partial charge in [0, 0.05) is 50.2 Å². The molecular weight excluding hydrogens is 395 g/mol. The van der Waals surface area contributed by atoms with E-state index in [0.717, 1.165) is 17.7 Å². The zero-order chi connectivity index (χ0) is 22.4. The van der Waals surface area contributed by atoms with Crippen molar-refractivity contribution in [1.29, 1.82) is 0 Å². The molecule has 8 heteroatoms. The van der Waals surface area contributed by atoms with Crippen LogP contribution in [0.4, 0.5) is 4.39 Å². The van der Waals surface area contributed by atoms with Gasteiger partial charge < -0.3 is 15.4 Å². The van der Waals surface area contributed by atoms with Crippen LogP contribution in [0.15, 0.2) is 47.6 Å². The second kappa shape index (κ2) is 10.1. The topological polar surface area (TPSA) is 76.4 Å². The smallest absolute Gasteiger partial charge is 0.224 e. The minimum absolute atomic E-state index is 0.157. The summed E-state index contributed by atoms with van der Waals surface area (Å²) in [6, 6.07) is 9.90. The number of aromatic nitrogens is 3. The molecule has 0 aliphatic carbocycles. The number of aliphatic imine (C=N–C) groups is 1. The molecule has 1 aromatic carbocycles. The number of ether oxygens (including phenoxy) is 1. The quantitative estimate of drug-likeness (QED) is 0.447. The summed E-state index contributed by atoms with van der Waals surface area (Å²) in [5.74, 6) is 1.14. The third-order valence-electron chi connectivity index (χ3n) is 5.08. The van der Waals surface area contributed by atoms with Crippen LogP contribution >= 0.6 is 0 Å². The van der Waals surface area contributed by atoms with Crippen LogP contribution in [0.25, 0.3) is 0 Å². The minimum Gasteiger partial charge on any atom is -0.439 e. The van der Waals surface area contributed by atoms with Crippen LogP contribution in [0.5, 0.6) is 11.6 Å². The van der Waals surface area contributed by atoms with Gasteiger partial charge in [0.15, 0.2) is 5.96 Å². The summed E-state index contributed by atoms with van der Waals surface area (Å²) in [4.78, 5) is 8.61. The molecule has 164 valence electrons. The van der Waals surface area contributed by atoms with Crippen LogP contribution in [-0.4, -0.2) is 33.8 Å². The van der Waals surface area contributed by atoms with E-state index in [2.05, 4.69) is 39.6 Å². The van der Waals surface area contributed by atoms with E-state index >= 15 is 0 Å². The molecule has 0 aliphatic heterocycles. The Kier molecular flexibility index (Phi) is 7.23. The number of aryl methyl sites for hydroxylation is 2. The summed E-state index contributed by atoms with van der Waals surface area (Å²) in [6.07, 6.45) is 2.48. The van der Waals surface area contributed by atoms with Gasteiger partial charge >= 0.3 is 0 Å². The molecule has 3 rings (SSSR count). The molecule has 2 aromatic heterocycles. The van der Waals surface area contributed by atoms with Crippen molar-refractivity contribution in [1.82, 2.24) is 25.4 Å². The molecule has 1 atom stereocenters. The third kappa shape index (κ3) is 5.81. The Morgan fingerprint density at radius 3 is 2.74 bits per heavy atom. The summed E-state index contributed by atoms with van der Waals surface area (Å²) in [6.45, 7) is 6.68. The van der Waals surface area contributed by atoms with Crippen molar-refractivity contribution in [2.75, 3.05) is 7.05 Å². The second-order valence-corrected chi connectivity index (χ2v) is 7.48. The van der Waals surface area contributed by atoms with Crippen LogP contribution in [0.3, 0.4) is 0 Å². The molecule has 0 amide bonds. The van der Waals surface area contributed by atoms with E-state index in [9.17, 15) is 4.39 Å². The summed E-state index contributed by atoms with van der Waals surface area (Å²) in [5.41, 5.74) is 4.30. The first-order valence-corrected chi connectivity index (χ1v) is 10.2. The van der Waals surface area contributed by atoms with Gasteiger partial charge in [0.25, 0.3) is 0 Å². The number of nitrogens with zero attached hydrogens (tertiary/aromatic N) is 4. The van der Waals surface area contributed by atoms with E-state index in [1.807, 2.05) is 30.8 Å². The first kappa shape index (κ1) is 22.3. The molecule has 0 spiro atoms. The highest BCUT2D eigenvalue weighted by atomic mass is 19.1. The van der Waals surface area contributed by atoms with Gasteiger partial charge in [-0.1, -0.05) is 12.1 Å². The number of hydrogen-bond acceptors (Lipinski definition) is 4. The average Bonchev–Trinajstić information content (AvgIpc) is 2.98. The van der Waals surface area contributed by atoms with Crippen LogP contribution in [0.1, 0.15) is 29.4 Å². The fourth-order valence-corrected chi connectivity index (χ4v) is 3.37. The first-order valence-electron chi connectivity index (χ1n) is 10.2. The van der Waals surface area contributed by atoms with Crippen LogP contribution in [0.2, 0.25) is 0 Å². The fraction of sp³-hybridized carbons (Fsp3) is 0.348. The molecule has 2 N–H and O–H groups in total. The Bertz CT molecular complexity index is 1060. The highest BCUT2D eigenvalue weighted by molar-refractivity contribution is 5.80. The molecule has 0 fully saturated rings. The Morgan fingerprint density at radius 1 is 1.26 bits per heavy atom. The van der Waals surface area contributed by atoms with Gasteiger partial charge in [0.05, 0.1) is 5.69 Å². The molecule has 0 saturated carbocycles. The van der Waals surface area contributed by atoms with E-state index in [4.69, 9.17) is 4.74 Å². The largest absolute Gasteiger partial charge is 0.439 e. The van der Waals surface area contributed by atoms with E-state index in [0.29, 0.717) is 24.1 Å². The predicted molar refractivity (Wildman–Crippen MR) is 120 cm³/mol. The van der Waals surface area contributed by atoms with Crippen LogP contribution < -0.4 is 15.4 Å².